The summed E-state index contributed by atoms with van der Waals surface area (Å²) in [5.41, 5.74) is 3.09. The molecule has 0 unspecified atom stereocenters. The van der Waals surface area contributed by atoms with E-state index in [9.17, 15) is 4.79 Å². The standard InChI is InChI=1S/C14H15ClN2O2/c1-10-2-4-11(5-3-10)9-17-14(15)12(8-16-17)6-7-13(18)19/h2-5,8H,6-7,9H2,1H3,(H,18,19). The van der Waals surface area contributed by atoms with E-state index < -0.39 is 5.97 Å². The quantitative estimate of drug-likeness (QED) is 0.915. The Morgan fingerprint density at radius 2 is 2.05 bits per heavy atom. The number of nitrogens with zero attached hydrogens (tertiary/aromatic N) is 2. The predicted octanol–water partition coefficient (Wildman–Crippen LogP) is 2.91. The van der Waals surface area contributed by atoms with E-state index in [0.717, 1.165) is 11.1 Å². The molecule has 2 aromatic rings. The van der Waals surface area contributed by atoms with Gasteiger partial charge in [-0.3, -0.25) is 4.79 Å². The summed E-state index contributed by atoms with van der Waals surface area (Å²) in [6.45, 7) is 2.63. The normalized spacial score (nSPS) is 10.6. The third-order valence-electron chi connectivity index (χ3n) is 2.91. The zero-order valence-corrected chi connectivity index (χ0v) is 11.4. The smallest absolute Gasteiger partial charge is 0.303 e. The van der Waals surface area contributed by atoms with Gasteiger partial charge in [-0.05, 0) is 18.9 Å². The van der Waals surface area contributed by atoms with Gasteiger partial charge < -0.3 is 5.11 Å². The van der Waals surface area contributed by atoms with Gasteiger partial charge in [0.15, 0.2) is 0 Å². The zero-order chi connectivity index (χ0) is 13.8. The van der Waals surface area contributed by atoms with Crippen molar-refractivity contribution in [1.82, 2.24) is 9.78 Å². The third-order valence-corrected chi connectivity index (χ3v) is 3.34. The molecule has 0 aliphatic heterocycles. The molecule has 1 aromatic carbocycles. The fraction of sp³-hybridized carbons (Fsp3) is 0.286. The van der Waals surface area contributed by atoms with E-state index in [1.54, 1.807) is 10.9 Å². The minimum atomic E-state index is -0.831. The lowest BCUT2D eigenvalue weighted by atomic mass is 10.1. The third kappa shape index (κ3) is 3.58. The van der Waals surface area contributed by atoms with Crippen LogP contribution in [-0.2, 0) is 17.8 Å². The van der Waals surface area contributed by atoms with E-state index in [2.05, 4.69) is 5.10 Å². The summed E-state index contributed by atoms with van der Waals surface area (Å²) in [6.07, 6.45) is 2.11. The Kier molecular flexibility index (Phi) is 4.22. The average molecular weight is 279 g/mol. The second kappa shape index (κ2) is 5.89. The van der Waals surface area contributed by atoms with Gasteiger partial charge >= 0.3 is 5.97 Å². The predicted molar refractivity (Wildman–Crippen MR) is 73.5 cm³/mol. The van der Waals surface area contributed by atoms with E-state index in [1.807, 2.05) is 31.2 Å². The molecule has 0 aliphatic carbocycles. The minimum Gasteiger partial charge on any atom is -0.481 e. The number of aliphatic carboxylic acids is 1. The van der Waals surface area contributed by atoms with Crippen LogP contribution in [0.3, 0.4) is 0 Å². The summed E-state index contributed by atoms with van der Waals surface area (Å²) in [4.78, 5) is 10.5. The van der Waals surface area contributed by atoms with Crippen LogP contribution in [0.5, 0.6) is 0 Å². The average Bonchev–Trinajstić information content (AvgIpc) is 2.71. The molecule has 100 valence electrons. The van der Waals surface area contributed by atoms with Crippen molar-refractivity contribution in [3.63, 3.8) is 0 Å². The number of aryl methyl sites for hydroxylation is 2. The highest BCUT2D eigenvalue weighted by molar-refractivity contribution is 6.30. The number of hydrogen-bond donors (Lipinski definition) is 1. The maximum absolute atomic E-state index is 10.5. The van der Waals surface area contributed by atoms with Crippen molar-refractivity contribution >= 4 is 17.6 Å². The summed E-state index contributed by atoms with van der Waals surface area (Å²) < 4.78 is 1.68. The Labute approximate surface area is 116 Å². The van der Waals surface area contributed by atoms with E-state index in [-0.39, 0.29) is 6.42 Å². The summed E-state index contributed by atoms with van der Waals surface area (Å²) in [5, 5.41) is 13.4. The molecular weight excluding hydrogens is 264 g/mol. The molecule has 5 heteroatoms. The number of halogens is 1. The van der Waals surface area contributed by atoms with Gasteiger partial charge in [-0.15, -0.1) is 0 Å². The first kappa shape index (κ1) is 13.6. The fourth-order valence-electron chi connectivity index (χ4n) is 1.80. The van der Waals surface area contributed by atoms with Crippen LogP contribution in [0, 0.1) is 6.92 Å². The molecule has 1 N–H and O–H groups in total. The maximum atomic E-state index is 10.5. The largest absolute Gasteiger partial charge is 0.481 e. The molecule has 19 heavy (non-hydrogen) atoms. The number of carboxylic acid groups (broad SMARTS) is 1. The van der Waals surface area contributed by atoms with Crippen LogP contribution in [0.2, 0.25) is 5.15 Å². The van der Waals surface area contributed by atoms with Crippen LogP contribution in [0.25, 0.3) is 0 Å². The lowest BCUT2D eigenvalue weighted by molar-refractivity contribution is -0.136. The van der Waals surface area contributed by atoms with Gasteiger partial charge in [-0.2, -0.15) is 5.10 Å². The van der Waals surface area contributed by atoms with Crippen molar-refractivity contribution in [2.24, 2.45) is 0 Å². The van der Waals surface area contributed by atoms with Crippen molar-refractivity contribution in [2.45, 2.75) is 26.3 Å². The van der Waals surface area contributed by atoms with Gasteiger partial charge in [-0.1, -0.05) is 41.4 Å². The van der Waals surface area contributed by atoms with Crippen LogP contribution in [-0.4, -0.2) is 20.9 Å². The molecule has 4 nitrogen and oxygen atoms in total. The molecule has 1 heterocycles. The van der Waals surface area contributed by atoms with Gasteiger partial charge in [0.05, 0.1) is 12.7 Å². The highest BCUT2D eigenvalue weighted by Gasteiger charge is 2.10. The van der Waals surface area contributed by atoms with Gasteiger partial charge in [0.2, 0.25) is 0 Å². The van der Waals surface area contributed by atoms with Crippen molar-refractivity contribution in [3.05, 3.63) is 52.3 Å². The van der Waals surface area contributed by atoms with Crippen molar-refractivity contribution < 1.29 is 9.90 Å². The molecule has 0 aliphatic rings. The fourth-order valence-corrected chi connectivity index (χ4v) is 2.04. The van der Waals surface area contributed by atoms with Crippen LogP contribution in [0.1, 0.15) is 23.1 Å². The van der Waals surface area contributed by atoms with Crippen LogP contribution < -0.4 is 0 Å². The lowest BCUT2D eigenvalue weighted by Gasteiger charge is -2.04. The minimum absolute atomic E-state index is 0.0654. The maximum Gasteiger partial charge on any atom is 0.303 e. The number of benzene rings is 1. The Morgan fingerprint density at radius 3 is 2.68 bits per heavy atom. The van der Waals surface area contributed by atoms with Gasteiger partial charge in [-0.25, -0.2) is 4.68 Å². The van der Waals surface area contributed by atoms with E-state index >= 15 is 0 Å². The Hall–Kier alpha value is -1.81. The second-order valence-electron chi connectivity index (χ2n) is 4.50. The molecule has 1 aromatic heterocycles. The number of rotatable bonds is 5. The molecule has 0 bridgehead atoms. The second-order valence-corrected chi connectivity index (χ2v) is 4.86. The molecule has 0 saturated heterocycles. The van der Waals surface area contributed by atoms with E-state index in [1.165, 1.54) is 5.56 Å². The molecular formula is C14H15ClN2O2. The highest BCUT2D eigenvalue weighted by Crippen LogP contribution is 2.18. The molecule has 0 radical (unpaired) electrons. The first-order valence-corrected chi connectivity index (χ1v) is 6.41. The first-order valence-electron chi connectivity index (χ1n) is 6.04. The number of aromatic nitrogens is 2. The molecule has 0 atom stereocenters. The van der Waals surface area contributed by atoms with Crippen molar-refractivity contribution in [2.75, 3.05) is 0 Å². The van der Waals surface area contributed by atoms with Gasteiger partial charge in [0.25, 0.3) is 0 Å². The Balaban J connectivity index is 2.09. The lowest BCUT2D eigenvalue weighted by Crippen LogP contribution is -2.02. The van der Waals surface area contributed by atoms with Crippen LogP contribution in [0.4, 0.5) is 0 Å². The van der Waals surface area contributed by atoms with E-state index in [4.69, 9.17) is 16.7 Å². The molecule has 0 spiro atoms. The summed E-state index contributed by atoms with van der Waals surface area (Å²) >= 11 is 6.20. The van der Waals surface area contributed by atoms with Crippen LogP contribution in [0.15, 0.2) is 30.5 Å². The summed E-state index contributed by atoms with van der Waals surface area (Å²) in [5.74, 6) is -0.831. The molecule has 0 amide bonds. The van der Waals surface area contributed by atoms with Crippen molar-refractivity contribution in [1.29, 1.82) is 0 Å². The van der Waals surface area contributed by atoms with E-state index in [0.29, 0.717) is 18.1 Å². The zero-order valence-electron chi connectivity index (χ0n) is 10.6. The Bertz CT molecular complexity index is 576. The first-order chi connectivity index (χ1) is 9.06. The van der Waals surface area contributed by atoms with Gasteiger partial charge in [0.1, 0.15) is 5.15 Å². The summed E-state index contributed by atoms with van der Waals surface area (Å²) in [7, 11) is 0. The van der Waals surface area contributed by atoms with Crippen LogP contribution >= 0.6 is 11.6 Å². The topological polar surface area (TPSA) is 55.1 Å². The number of carboxylic acids is 1. The van der Waals surface area contributed by atoms with Gasteiger partial charge in [0, 0.05) is 12.0 Å². The monoisotopic (exact) mass is 278 g/mol. The number of hydrogen-bond acceptors (Lipinski definition) is 2. The SMILES string of the molecule is Cc1ccc(Cn2ncc(CCC(=O)O)c2Cl)cc1. The molecule has 2 rings (SSSR count). The molecule has 0 saturated carbocycles. The van der Waals surface area contributed by atoms with Crippen molar-refractivity contribution in [3.8, 4) is 0 Å². The summed E-state index contributed by atoms with van der Waals surface area (Å²) in [6, 6.07) is 8.14. The number of carbonyl (C=O) groups is 1. The molecule has 0 fully saturated rings. The highest BCUT2D eigenvalue weighted by atomic mass is 35.5. The Morgan fingerprint density at radius 1 is 1.37 bits per heavy atom.